The van der Waals surface area contributed by atoms with Gasteiger partial charge in [0.05, 0.1) is 5.56 Å². The van der Waals surface area contributed by atoms with Gasteiger partial charge in [0, 0.05) is 47.3 Å². The molecule has 0 saturated heterocycles. The largest absolute Gasteiger partial charge is 0.435 e. The number of anilines is 3. The molecule has 0 unspecified atom stereocenters. The summed E-state index contributed by atoms with van der Waals surface area (Å²) in [5.74, 6) is 0.0145. The van der Waals surface area contributed by atoms with E-state index in [9.17, 15) is 31.1 Å². The molecular weight excluding hydrogens is 608 g/mol. The van der Waals surface area contributed by atoms with E-state index in [1.165, 1.54) is 18.2 Å². The molecule has 0 radical (unpaired) electrons. The van der Waals surface area contributed by atoms with E-state index in [1.807, 2.05) is 29.2 Å². The van der Waals surface area contributed by atoms with Crippen molar-refractivity contribution < 1.29 is 35.9 Å². The first-order valence-corrected chi connectivity index (χ1v) is 15.7. The molecule has 1 N–H and O–H groups in total. The number of carbonyl (C=O) groups is 1. The van der Waals surface area contributed by atoms with Crippen LogP contribution in [0.5, 0.6) is 5.75 Å². The lowest BCUT2D eigenvalue weighted by Gasteiger charge is -2.66. The average molecular weight is 644 g/mol. The zero-order valence-corrected chi connectivity index (χ0v) is 25.2. The summed E-state index contributed by atoms with van der Waals surface area (Å²) in [6, 6.07) is 16.3. The van der Waals surface area contributed by atoms with Crippen molar-refractivity contribution in [2.24, 2.45) is 10.8 Å². The van der Waals surface area contributed by atoms with Crippen LogP contribution >= 0.6 is 0 Å². The summed E-state index contributed by atoms with van der Waals surface area (Å²) >= 11 is 0. The van der Waals surface area contributed by atoms with Crippen molar-refractivity contribution in [3.05, 3.63) is 78.1 Å². The number of carbonyl (C=O) groups excluding carboxylic acids is 1. The van der Waals surface area contributed by atoms with Crippen LogP contribution in [-0.2, 0) is 16.4 Å². The van der Waals surface area contributed by atoms with Gasteiger partial charge in [-0.05, 0) is 123 Å². The van der Waals surface area contributed by atoms with Crippen molar-refractivity contribution in [3.8, 4) is 5.75 Å². The minimum Gasteiger partial charge on any atom is -0.435 e. The summed E-state index contributed by atoms with van der Waals surface area (Å²) in [5, 5.41) is 3.27. The van der Waals surface area contributed by atoms with Crippen LogP contribution in [0.3, 0.4) is 0 Å². The van der Waals surface area contributed by atoms with Gasteiger partial charge in [-0.2, -0.15) is 22.0 Å². The molecule has 4 bridgehead atoms. The molecule has 1 aromatic heterocycles. The minimum atomic E-state index is -4.43. The van der Waals surface area contributed by atoms with Crippen molar-refractivity contribution in [3.63, 3.8) is 0 Å². The molecular formula is C35H35F6N3O2. The standard InChI is InChI=1S/C35H35F6N3O2/c36-30(37)46-27-7-5-24(6-8-27)43-25-2-1-3-26(16-25)44(29(45)17-32-19-34(38,20-32)21-32)22-31-10-13-33(14-11-31,15-12-31)28-9-4-23(18-42-28)35(39,40)41/h1-9,16,18,30,43H,10-15,17,19-22H2. The van der Waals surface area contributed by atoms with Gasteiger partial charge in [0.15, 0.2) is 0 Å². The van der Waals surface area contributed by atoms with Crippen LogP contribution in [0.25, 0.3) is 0 Å². The molecule has 1 amide bonds. The fourth-order valence-electron chi connectivity index (χ4n) is 8.52. The molecule has 6 aliphatic rings. The van der Waals surface area contributed by atoms with Gasteiger partial charge in [-0.1, -0.05) is 6.07 Å². The van der Waals surface area contributed by atoms with Gasteiger partial charge in [0.25, 0.3) is 0 Å². The number of ether oxygens (including phenoxy) is 1. The first-order chi connectivity index (χ1) is 21.8. The third kappa shape index (κ3) is 5.81. The SMILES string of the molecule is O=C(CC12CC(F)(C1)C2)N(CC12CCC(c3ccc(C(F)(F)F)cn3)(CC1)CC2)c1cccc(Nc2ccc(OC(F)F)cc2)c1. The summed E-state index contributed by atoms with van der Waals surface area (Å²) in [6.45, 7) is -2.41. The van der Waals surface area contributed by atoms with E-state index in [0.29, 0.717) is 42.9 Å². The second kappa shape index (κ2) is 10.9. The summed E-state index contributed by atoms with van der Waals surface area (Å²) < 4.78 is 83.3. The maximum Gasteiger partial charge on any atom is 0.417 e. The number of rotatable bonds is 10. The smallest absolute Gasteiger partial charge is 0.417 e. The second-order valence-corrected chi connectivity index (χ2v) is 14.1. The van der Waals surface area contributed by atoms with Crippen molar-refractivity contribution in [1.29, 1.82) is 0 Å². The van der Waals surface area contributed by atoms with E-state index in [0.717, 1.165) is 56.5 Å². The summed E-state index contributed by atoms with van der Waals surface area (Å²) in [5.41, 5.74) is 0.269. The lowest BCUT2D eigenvalue weighted by molar-refractivity contribution is -0.215. The topological polar surface area (TPSA) is 54.5 Å². The Kier molecular flexibility index (Phi) is 7.32. The number of amides is 1. The molecule has 5 nitrogen and oxygen atoms in total. The van der Waals surface area contributed by atoms with E-state index in [4.69, 9.17) is 0 Å². The highest BCUT2D eigenvalue weighted by atomic mass is 19.4. The van der Waals surface area contributed by atoms with Crippen LogP contribution in [-0.4, -0.2) is 29.7 Å². The predicted octanol–water partition coefficient (Wildman–Crippen LogP) is 9.35. The van der Waals surface area contributed by atoms with Crippen molar-refractivity contribution in [2.45, 2.75) is 88.1 Å². The molecule has 9 rings (SSSR count). The summed E-state index contributed by atoms with van der Waals surface area (Å²) in [6.07, 6.45) is 2.91. The number of hydrogen-bond donors (Lipinski definition) is 1. The molecule has 6 fully saturated rings. The van der Waals surface area contributed by atoms with E-state index in [2.05, 4.69) is 15.0 Å². The lowest BCUT2D eigenvalue weighted by atomic mass is 9.41. The third-order valence-electron chi connectivity index (χ3n) is 11.0. The third-order valence-corrected chi connectivity index (χ3v) is 11.0. The Labute approximate surface area is 263 Å². The number of alkyl halides is 6. The predicted molar refractivity (Wildman–Crippen MR) is 161 cm³/mol. The molecule has 3 aromatic rings. The van der Waals surface area contributed by atoms with Crippen LogP contribution in [0.1, 0.15) is 75.5 Å². The van der Waals surface area contributed by atoms with Crippen LogP contribution < -0.4 is 15.0 Å². The average Bonchev–Trinajstić information content (AvgIpc) is 3.00. The second-order valence-electron chi connectivity index (χ2n) is 14.1. The first kappa shape index (κ1) is 30.9. The van der Waals surface area contributed by atoms with Crippen LogP contribution in [0, 0.1) is 10.8 Å². The molecule has 6 aliphatic carbocycles. The molecule has 0 atom stereocenters. The van der Waals surface area contributed by atoms with Gasteiger partial charge in [-0.15, -0.1) is 0 Å². The van der Waals surface area contributed by atoms with E-state index in [1.54, 1.807) is 12.1 Å². The van der Waals surface area contributed by atoms with Gasteiger partial charge in [0.2, 0.25) is 5.91 Å². The highest BCUT2D eigenvalue weighted by Gasteiger charge is 2.69. The number of nitrogens with one attached hydrogen (secondary N) is 1. The van der Waals surface area contributed by atoms with Crippen LogP contribution in [0.2, 0.25) is 0 Å². The van der Waals surface area contributed by atoms with Gasteiger partial charge in [-0.25, -0.2) is 4.39 Å². The van der Waals surface area contributed by atoms with E-state index >= 15 is 0 Å². The summed E-state index contributed by atoms with van der Waals surface area (Å²) in [7, 11) is 0. The lowest BCUT2D eigenvalue weighted by Crippen LogP contribution is -2.65. The molecule has 244 valence electrons. The maximum atomic E-state index is 14.3. The number of pyridine rings is 1. The van der Waals surface area contributed by atoms with Crippen molar-refractivity contribution >= 4 is 23.0 Å². The zero-order valence-electron chi connectivity index (χ0n) is 25.2. The highest BCUT2D eigenvalue weighted by molar-refractivity contribution is 5.95. The number of fused-ring (bicyclic) bond motifs is 3. The van der Waals surface area contributed by atoms with Crippen molar-refractivity contribution in [2.75, 3.05) is 16.8 Å². The number of nitrogens with zero attached hydrogens (tertiary/aromatic N) is 2. The Morgan fingerprint density at radius 1 is 0.891 bits per heavy atom. The van der Waals surface area contributed by atoms with Crippen LogP contribution in [0.4, 0.5) is 43.4 Å². The molecule has 11 heteroatoms. The fraction of sp³-hybridized carbons (Fsp3) is 0.486. The molecule has 0 aliphatic heterocycles. The molecule has 6 saturated carbocycles. The van der Waals surface area contributed by atoms with E-state index in [-0.39, 0.29) is 34.3 Å². The van der Waals surface area contributed by atoms with Gasteiger partial charge in [-0.3, -0.25) is 9.78 Å². The number of halogens is 6. The number of aromatic nitrogens is 1. The van der Waals surface area contributed by atoms with Gasteiger partial charge >= 0.3 is 12.8 Å². The van der Waals surface area contributed by atoms with Gasteiger partial charge < -0.3 is 15.0 Å². The quantitative estimate of drug-likeness (QED) is 0.224. The van der Waals surface area contributed by atoms with E-state index < -0.39 is 24.0 Å². The monoisotopic (exact) mass is 643 g/mol. The first-order valence-electron chi connectivity index (χ1n) is 15.7. The van der Waals surface area contributed by atoms with Crippen molar-refractivity contribution in [1.82, 2.24) is 4.98 Å². The molecule has 1 heterocycles. The zero-order chi connectivity index (χ0) is 32.4. The Morgan fingerprint density at radius 3 is 2.13 bits per heavy atom. The normalized spacial score (nSPS) is 29.5. The number of benzene rings is 2. The molecule has 2 aromatic carbocycles. The van der Waals surface area contributed by atoms with Crippen LogP contribution in [0.15, 0.2) is 66.9 Å². The number of hydrogen-bond acceptors (Lipinski definition) is 4. The minimum absolute atomic E-state index is 0.0337. The Bertz CT molecular complexity index is 1560. The molecule has 46 heavy (non-hydrogen) atoms. The Balaban J connectivity index is 1.09. The maximum absolute atomic E-state index is 14.3. The summed E-state index contributed by atoms with van der Waals surface area (Å²) in [4.78, 5) is 20.1. The Hall–Kier alpha value is -3.76. The highest BCUT2D eigenvalue weighted by Crippen LogP contribution is 2.71. The van der Waals surface area contributed by atoms with Gasteiger partial charge in [0.1, 0.15) is 11.4 Å². The fourth-order valence-corrected chi connectivity index (χ4v) is 8.52. The Morgan fingerprint density at radius 2 is 1.57 bits per heavy atom. The molecule has 0 spiro atoms.